The standard InChI is InChI=1S/C18H19ClN4O/c19-14-4-1-5-15-16(14)17(24)22-18(21-15)6-9-23(10-7-18)12-13-3-2-8-20-11-13/h1-5,8,11,21H,6-7,9-10,12H2,(H,22,24). The fraction of sp³-hybridized carbons (Fsp3) is 0.333. The van der Waals surface area contributed by atoms with Crippen LogP contribution in [-0.2, 0) is 6.54 Å². The largest absolute Gasteiger partial charge is 0.362 e. The highest BCUT2D eigenvalue weighted by Gasteiger charge is 2.40. The van der Waals surface area contributed by atoms with Crippen LogP contribution in [0.5, 0.6) is 0 Å². The van der Waals surface area contributed by atoms with E-state index in [0.29, 0.717) is 10.6 Å². The van der Waals surface area contributed by atoms with Crippen LogP contribution in [0.3, 0.4) is 0 Å². The van der Waals surface area contributed by atoms with E-state index in [4.69, 9.17) is 11.6 Å². The van der Waals surface area contributed by atoms with Gasteiger partial charge in [-0.2, -0.15) is 0 Å². The van der Waals surface area contributed by atoms with Gasteiger partial charge in [-0.15, -0.1) is 0 Å². The Hall–Kier alpha value is -2.11. The Morgan fingerprint density at radius 1 is 1.17 bits per heavy atom. The van der Waals surface area contributed by atoms with E-state index in [0.717, 1.165) is 38.2 Å². The highest BCUT2D eigenvalue weighted by atomic mass is 35.5. The second kappa shape index (κ2) is 6.07. The van der Waals surface area contributed by atoms with Crippen molar-refractivity contribution in [2.75, 3.05) is 18.4 Å². The van der Waals surface area contributed by atoms with Crippen LogP contribution in [0.25, 0.3) is 0 Å². The lowest BCUT2D eigenvalue weighted by atomic mass is 9.92. The molecule has 1 fully saturated rings. The van der Waals surface area contributed by atoms with Crippen LogP contribution in [0.1, 0.15) is 28.8 Å². The van der Waals surface area contributed by atoms with E-state index < -0.39 is 0 Å². The van der Waals surface area contributed by atoms with E-state index in [1.165, 1.54) is 5.56 Å². The number of nitrogens with one attached hydrogen (secondary N) is 2. The molecule has 1 aromatic carbocycles. The van der Waals surface area contributed by atoms with Gasteiger partial charge in [-0.05, 0) is 23.8 Å². The van der Waals surface area contributed by atoms with E-state index in [1.807, 2.05) is 24.4 Å². The molecule has 1 spiro atoms. The lowest BCUT2D eigenvalue weighted by Crippen LogP contribution is -2.62. The van der Waals surface area contributed by atoms with Gasteiger partial charge in [-0.1, -0.05) is 23.7 Å². The molecule has 124 valence electrons. The zero-order valence-corrected chi connectivity index (χ0v) is 14.0. The van der Waals surface area contributed by atoms with Crippen molar-refractivity contribution in [3.05, 3.63) is 58.9 Å². The number of hydrogen-bond acceptors (Lipinski definition) is 4. The first-order valence-corrected chi connectivity index (χ1v) is 8.53. The number of carbonyl (C=O) groups is 1. The molecule has 24 heavy (non-hydrogen) atoms. The Morgan fingerprint density at radius 3 is 2.75 bits per heavy atom. The number of carbonyl (C=O) groups excluding carboxylic acids is 1. The van der Waals surface area contributed by atoms with Crippen molar-refractivity contribution in [2.24, 2.45) is 0 Å². The zero-order valence-electron chi connectivity index (χ0n) is 13.3. The van der Waals surface area contributed by atoms with Crippen LogP contribution in [0.4, 0.5) is 5.69 Å². The first-order valence-electron chi connectivity index (χ1n) is 8.16. The van der Waals surface area contributed by atoms with Crippen molar-refractivity contribution in [1.82, 2.24) is 15.2 Å². The number of halogens is 1. The predicted molar refractivity (Wildman–Crippen MR) is 94.0 cm³/mol. The monoisotopic (exact) mass is 342 g/mol. The van der Waals surface area contributed by atoms with Gasteiger partial charge in [0.25, 0.3) is 5.91 Å². The van der Waals surface area contributed by atoms with Gasteiger partial charge in [0.05, 0.1) is 16.3 Å². The lowest BCUT2D eigenvalue weighted by molar-refractivity contribution is 0.0822. The molecule has 3 heterocycles. The summed E-state index contributed by atoms with van der Waals surface area (Å²) >= 11 is 6.16. The van der Waals surface area contributed by atoms with Crippen LogP contribution in [0.15, 0.2) is 42.7 Å². The number of pyridine rings is 1. The minimum Gasteiger partial charge on any atom is -0.362 e. The fourth-order valence-corrected chi connectivity index (χ4v) is 3.78. The van der Waals surface area contributed by atoms with Crippen molar-refractivity contribution in [3.8, 4) is 0 Å². The van der Waals surface area contributed by atoms with E-state index >= 15 is 0 Å². The molecule has 5 nitrogen and oxygen atoms in total. The molecule has 1 saturated heterocycles. The topological polar surface area (TPSA) is 57.3 Å². The number of anilines is 1. The van der Waals surface area contributed by atoms with E-state index in [9.17, 15) is 4.79 Å². The summed E-state index contributed by atoms with van der Waals surface area (Å²) in [6, 6.07) is 9.60. The molecule has 2 aliphatic rings. The Kier molecular flexibility index (Phi) is 3.90. The summed E-state index contributed by atoms with van der Waals surface area (Å²) < 4.78 is 0. The minimum atomic E-state index is -0.375. The average molecular weight is 343 g/mol. The van der Waals surface area contributed by atoms with Crippen LogP contribution in [0, 0.1) is 0 Å². The quantitative estimate of drug-likeness (QED) is 0.881. The molecule has 2 N–H and O–H groups in total. The lowest BCUT2D eigenvalue weighted by Gasteiger charge is -2.46. The van der Waals surface area contributed by atoms with Gasteiger partial charge in [0.2, 0.25) is 0 Å². The second-order valence-corrected chi connectivity index (χ2v) is 6.87. The Balaban J connectivity index is 1.46. The van der Waals surface area contributed by atoms with Crippen LogP contribution < -0.4 is 10.6 Å². The van der Waals surface area contributed by atoms with Crippen molar-refractivity contribution < 1.29 is 4.79 Å². The normalized spacial score (nSPS) is 19.5. The van der Waals surface area contributed by atoms with Gasteiger partial charge in [-0.25, -0.2) is 0 Å². The summed E-state index contributed by atoms with van der Waals surface area (Å²) in [5.74, 6) is -0.0879. The van der Waals surface area contributed by atoms with Crippen molar-refractivity contribution in [3.63, 3.8) is 0 Å². The Labute approximate surface area is 146 Å². The van der Waals surface area contributed by atoms with Crippen LogP contribution >= 0.6 is 11.6 Å². The summed E-state index contributed by atoms with van der Waals surface area (Å²) in [6.45, 7) is 2.72. The molecular weight excluding hydrogens is 324 g/mol. The maximum atomic E-state index is 12.5. The summed E-state index contributed by atoms with van der Waals surface area (Å²) in [5.41, 5.74) is 2.21. The van der Waals surface area contributed by atoms with Crippen molar-refractivity contribution in [1.29, 1.82) is 0 Å². The number of amides is 1. The van der Waals surface area contributed by atoms with Gasteiger partial charge < -0.3 is 10.6 Å². The smallest absolute Gasteiger partial charge is 0.256 e. The number of hydrogen-bond donors (Lipinski definition) is 2. The SMILES string of the molecule is O=C1NC2(CCN(Cc3cccnc3)CC2)Nc2cccc(Cl)c21. The molecule has 1 aromatic heterocycles. The number of rotatable bonds is 2. The molecule has 0 atom stereocenters. The van der Waals surface area contributed by atoms with E-state index in [-0.39, 0.29) is 11.6 Å². The molecule has 1 amide bonds. The fourth-order valence-electron chi connectivity index (χ4n) is 3.52. The Morgan fingerprint density at radius 2 is 2.00 bits per heavy atom. The molecule has 0 saturated carbocycles. The van der Waals surface area contributed by atoms with Crippen molar-refractivity contribution >= 4 is 23.2 Å². The van der Waals surface area contributed by atoms with Gasteiger partial charge in [0, 0.05) is 44.9 Å². The molecule has 0 aliphatic carbocycles. The minimum absolute atomic E-state index is 0.0879. The van der Waals surface area contributed by atoms with Gasteiger partial charge >= 0.3 is 0 Å². The average Bonchev–Trinajstić information content (AvgIpc) is 2.58. The molecule has 0 unspecified atom stereocenters. The predicted octanol–water partition coefficient (Wildman–Crippen LogP) is 2.88. The van der Waals surface area contributed by atoms with E-state index in [1.54, 1.807) is 12.3 Å². The number of benzene rings is 1. The number of aromatic nitrogens is 1. The highest BCUT2D eigenvalue weighted by molar-refractivity contribution is 6.34. The third-order valence-corrected chi connectivity index (χ3v) is 5.12. The summed E-state index contributed by atoms with van der Waals surface area (Å²) in [6.07, 6.45) is 5.40. The first-order chi connectivity index (χ1) is 11.7. The maximum absolute atomic E-state index is 12.5. The molecule has 0 bridgehead atoms. The number of nitrogens with zero attached hydrogens (tertiary/aromatic N) is 2. The highest BCUT2D eigenvalue weighted by Crippen LogP contribution is 2.34. The molecular formula is C18H19ClN4O. The summed E-state index contributed by atoms with van der Waals surface area (Å²) in [7, 11) is 0. The van der Waals surface area contributed by atoms with Crippen LogP contribution in [0.2, 0.25) is 5.02 Å². The number of fused-ring (bicyclic) bond motifs is 1. The summed E-state index contributed by atoms with van der Waals surface area (Å²) in [4.78, 5) is 19.1. The first kappa shape index (κ1) is 15.4. The zero-order chi connectivity index (χ0) is 16.6. The summed E-state index contributed by atoms with van der Waals surface area (Å²) in [5, 5.41) is 7.14. The van der Waals surface area contributed by atoms with Gasteiger partial charge in [-0.3, -0.25) is 14.7 Å². The van der Waals surface area contributed by atoms with Crippen molar-refractivity contribution in [2.45, 2.75) is 25.0 Å². The Bertz CT molecular complexity index is 757. The molecule has 6 heteroatoms. The van der Waals surface area contributed by atoms with Gasteiger partial charge in [0.1, 0.15) is 5.66 Å². The molecule has 2 aromatic rings. The number of piperidine rings is 1. The molecule has 2 aliphatic heterocycles. The third kappa shape index (κ3) is 2.85. The molecule has 0 radical (unpaired) electrons. The maximum Gasteiger partial charge on any atom is 0.256 e. The van der Waals surface area contributed by atoms with Gasteiger partial charge in [0.15, 0.2) is 0 Å². The van der Waals surface area contributed by atoms with E-state index in [2.05, 4.69) is 26.6 Å². The second-order valence-electron chi connectivity index (χ2n) is 6.46. The number of likely N-dealkylation sites (tertiary alicyclic amines) is 1. The third-order valence-electron chi connectivity index (χ3n) is 4.81. The van der Waals surface area contributed by atoms with Crippen LogP contribution in [-0.4, -0.2) is 34.5 Å². The molecule has 4 rings (SSSR count).